The molecule has 1 aliphatic heterocycles. The first-order valence-corrected chi connectivity index (χ1v) is 15.6. The monoisotopic (exact) mass is 619 g/mol. The molecule has 1 aromatic heterocycles. The number of aliphatic hydroxyl groups excluding tert-OH is 1. The zero-order chi connectivity index (χ0) is 29.2. The van der Waals surface area contributed by atoms with Crippen molar-refractivity contribution in [2.45, 2.75) is 44.9 Å². The van der Waals surface area contributed by atoms with Crippen molar-refractivity contribution in [3.05, 3.63) is 83.7 Å². The molecule has 2 atom stereocenters. The van der Waals surface area contributed by atoms with Crippen LogP contribution in [-0.4, -0.2) is 69.7 Å². The molecule has 230 valence electrons. The highest BCUT2D eigenvalue weighted by molar-refractivity contribution is 8.25. The Morgan fingerprint density at radius 1 is 1.12 bits per heavy atom. The van der Waals surface area contributed by atoms with E-state index in [4.69, 9.17) is 4.74 Å². The van der Waals surface area contributed by atoms with E-state index in [1.165, 1.54) is 0 Å². The van der Waals surface area contributed by atoms with Crippen LogP contribution in [-0.2, 0) is 13.0 Å². The van der Waals surface area contributed by atoms with Gasteiger partial charge in [0.2, 0.25) is 0 Å². The summed E-state index contributed by atoms with van der Waals surface area (Å²) in [6, 6.07) is 16.1. The molecule has 10 nitrogen and oxygen atoms in total. The first kappa shape index (κ1) is 33.4. The van der Waals surface area contributed by atoms with Crippen molar-refractivity contribution in [2.75, 3.05) is 42.1 Å². The summed E-state index contributed by atoms with van der Waals surface area (Å²) in [5.41, 5.74) is 3.56. The van der Waals surface area contributed by atoms with Crippen molar-refractivity contribution < 1.29 is 23.7 Å². The van der Waals surface area contributed by atoms with E-state index in [1.807, 2.05) is 49.4 Å². The number of methoxy groups -OCH3 is 1. The normalized spacial score (nSPS) is 16.5. The molecule has 4 rings (SSSR count). The number of aromatic nitrogens is 1. The van der Waals surface area contributed by atoms with Gasteiger partial charge in [0.05, 0.1) is 30.7 Å². The van der Waals surface area contributed by atoms with Gasteiger partial charge < -0.3 is 25.8 Å². The molecule has 1 fully saturated rings. The van der Waals surface area contributed by atoms with Gasteiger partial charge >= 0.3 is 0 Å². The number of benzene rings is 2. The summed E-state index contributed by atoms with van der Waals surface area (Å²) in [4.78, 5) is 17.8. The first-order valence-electron chi connectivity index (χ1n) is 13.9. The maximum atomic E-state index is 13.6. The molecule has 1 aliphatic rings. The van der Waals surface area contributed by atoms with Gasteiger partial charge in [-0.05, 0) is 73.7 Å². The van der Waals surface area contributed by atoms with Gasteiger partial charge in [0.15, 0.2) is 0 Å². The second-order valence-electron chi connectivity index (χ2n) is 10.1. The van der Waals surface area contributed by atoms with E-state index < -0.39 is 22.9 Å². The Kier molecular flexibility index (Phi) is 12.7. The van der Waals surface area contributed by atoms with Gasteiger partial charge in [0, 0.05) is 49.8 Å². The lowest BCUT2D eigenvalue weighted by atomic mass is 10.0. The number of ether oxygens (including phenoxy) is 1. The van der Waals surface area contributed by atoms with Crippen LogP contribution in [0.3, 0.4) is 0 Å². The van der Waals surface area contributed by atoms with Crippen molar-refractivity contribution in [3.63, 3.8) is 0 Å². The lowest BCUT2D eigenvalue weighted by Gasteiger charge is -2.47. The van der Waals surface area contributed by atoms with E-state index in [0.29, 0.717) is 48.7 Å². The maximum Gasteiger partial charge on any atom is 0.251 e. The van der Waals surface area contributed by atoms with Crippen LogP contribution in [0.25, 0.3) is 0 Å². The number of halogens is 1. The number of carbonyl (C=O) groups excluding carboxylic acids is 1. The van der Waals surface area contributed by atoms with E-state index in [0.717, 1.165) is 29.7 Å². The van der Waals surface area contributed by atoms with Gasteiger partial charge in [-0.3, -0.25) is 23.2 Å². The van der Waals surface area contributed by atoms with Crippen LogP contribution in [0.2, 0.25) is 0 Å². The largest absolute Gasteiger partial charge is 0.497 e. The molecule has 0 spiro atoms. The Morgan fingerprint density at radius 2 is 1.93 bits per heavy atom. The van der Waals surface area contributed by atoms with Crippen LogP contribution in [0.15, 0.2) is 67.0 Å². The van der Waals surface area contributed by atoms with Crippen LogP contribution >= 0.6 is 23.2 Å². The second kappa shape index (κ2) is 16.0. The second-order valence-corrected chi connectivity index (χ2v) is 12.3. The number of hydrogen-bond donors (Lipinski definition) is 6. The smallest absolute Gasteiger partial charge is 0.251 e. The summed E-state index contributed by atoms with van der Waals surface area (Å²) in [6.07, 6.45) is 4.48. The lowest BCUT2D eigenvalue weighted by Crippen LogP contribution is -2.48. The number of nitrogens with zero attached hydrogens (tertiary/aromatic N) is 2. The Labute approximate surface area is 255 Å². The Balaban J connectivity index is 0.00000484. The number of rotatable bonds is 13. The molecule has 0 unspecified atom stereocenters. The van der Waals surface area contributed by atoms with E-state index in [9.17, 15) is 19.0 Å². The Morgan fingerprint density at radius 3 is 2.64 bits per heavy atom. The van der Waals surface area contributed by atoms with E-state index in [-0.39, 0.29) is 24.9 Å². The zero-order valence-electron chi connectivity index (χ0n) is 24.0. The number of aliphatic hydroxyl groups is 1. The van der Waals surface area contributed by atoms with E-state index in [1.54, 1.807) is 35.9 Å². The highest BCUT2D eigenvalue weighted by Gasteiger charge is 2.28. The average Bonchev–Trinajstić information content (AvgIpc) is 2.97. The van der Waals surface area contributed by atoms with Crippen LogP contribution in [0.1, 0.15) is 41.3 Å². The molecule has 2 aromatic carbocycles. The molecule has 0 saturated carbocycles. The average molecular weight is 620 g/mol. The molecule has 6 N–H and O–H groups in total. The third kappa shape index (κ3) is 9.22. The summed E-state index contributed by atoms with van der Waals surface area (Å²) in [6.45, 7) is 3.88. The predicted molar refractivity (Wildman–Crippen MR) is 172 cm³/mol. The van der Waals surface area contributed by atoms with Crippen LogP contribution in [0.4, 0.5) is 11.4 Å². The lowest BCUT2D eigenvalue weighted by molar-refractivity contribution is 0.0830. The van der Waals surface area contributed by atoms with Gasteiger partial charge in [-0.25, -0.2) is 0 Å². The van der Waals surface area contributed by atoms with Gasteiger partial charge in [-0.15, -0.1) is 23.2 Å². The number of hydrogen-bond acceptors (Lipinski definition) is 9. The van der Waals surface area contributed by atoms with Crippen LogP contribution in [0.5, 0.6) is 5.75 Å². The van der Waals surface area contributed by atoms with Gasteiger partial charge in [0.25, 0.3) is 5.91 Å². The molecule has 0 radical (unpaired) electrons. The fourth-order valence-corrected chi connectivity index (χ4v) is 6.57. The van der Waals surface area contributed by atoms with Crippen LogP contribution < -0.4 is 25.0 Å². The van der Waals surface area contributed by atoms with Gasteiger partial charge in [-0.2, -0.15) is 0 Å². The third-order valence-corrected chi connectivity index (χ3v) is 8.94. The molecule has 0 bridgehead atoms. The molecule has 42 heavy (non-hydrogen) atoms. The fraction of sp³-hybridized carbons (Fsp3) is 0.400. The highest BCUT2D eigenvalue weighted by Crippen LogP contribution is 2.50. The predicted octanol–water partition coefficient (Wildman–Crippen LogP) is 4.70. The number of carbonyl (C=O) groups is 1. The van der Waals surface area contributed by atoms with E-state index >= 15 is 0 Å². The van der Waals surface area contributed by atoms with Gasteiger partial charge in [0.1, 0.15) is 5.75 Å². The number of anilines is 2. The SMILES string of the molecule is CCNc1cc(C(=O)N[C@@H](Cc2cccnc2)[C@H](O)CNCc2cccc(OC)c2)cc(N2CCCCS2(O)O)c1.Cl. The Bertz CT molecular complexity index is 1290. The van der Waals surface area contributed by atoms with Crippen molar-refractivity contribution >= 4 is 40.5 Å². The topological polar surface area (TPSA) is 139 Å². The molecule has 0 aliphatic carbocycles. The minimum Gasteiger partial charge on any atom is -0.497 e. The number of pyridine rings is 1. The number of amides is 1. The quantitative estimate of drug-likeness (QED) is 0.161. The standard InChI is InChI=1S/C30H41N5O5S.ClH/c1-3-33-25-16-24(17-26(18-25)35-12-4-5-13-41(35,38)39)30(37)34-28(15-23-9-7-11-31-19-23)29(36)21-32-20-22-8-6-10-27(14-22)40-2;/h6-11,14,16-19,28-29,32-33,36,38-39H,3-5,12-13,15,20-21H2,1-2H3,(H,34,37);1H/t28-,29+;/m0./s1. The molecule has 1 amide bonds. The summed E-state index contributed by atoms with van der Waals surface area (Å²) in [5.74, 6) is 0.707. The molecular weight excluding hydrogens is 578 g/mol. The molecule has 12 heteroatoms. The van der Waals surface area contributed by atoms with E-state index in [2.05, 4.69) is 20.9 Å². The first-order chi connectivity index (χ1) is 19.8. The highest BCUT2D eigenvalue weighted by atomic mass is 35.5. The molecular formula is C30H42ClN5O5S. The number of nitrogens with one attached hydrogen (secondary N) is 3. The fourth-order valence-electron chi connectivity index (χ4n) is 4.89. The summed E-state index contributed by atoms with van der Waals surface area (Å²) in [7, 11) is -1.33. The van der Waals surface area contributed by atoms with Crippen LogP contribution in [0, 0.1) is 0 Å². The Hall–Kier alpha value is -3.06. The summed E-state index contributed by atoms with van der Waals surface area (Å²) in [5, 5.41) is 20.7. The summed E-state index contributed by atoms with van der Waals surface area (Å²) >= 11 is 0. The zero-order valence-corrected chi connectivity index (χ0v) is 25.7. The minimum absolute atomic E-state index is 0. The molecule has 2 heterocycles. The van der Waals surface area contributed by atoms with Crippen molar-refractivity contribution in [1.82, 2.24) is 15.6 Å². The van der Waals surface area contributed by atoms with Crippen molar-refractivity contribution in [1.29, 1.82) is 0 Å². The minimum atomic E-state index is -2.95. The maximum absolute atomic E-state index is 13.6. The van der Waals surface area contributed by atoms with Crippen molar-refractivity contribution in [3.8, 4) is 5.75 Å². The van der Waals surface area contributed by atoms with Crippen molar-refractivity contribution in [2.24, 2.45) is 0 Å². The molecule has 1 saturated heterocycles. The third-order valence-electron chi connectivity index (χ3n) is 7.01. The van der Waals surface area contributed by atoms with Gasteiger partial charge in [-0.1, -0.05) is 18.2 Å². The summed E-state index contributed by atoms with van der Waals surface area (Å²) < 4.78 is 28.3. The molecule has 3 aromatic rings.